The summed E-state index contributed by atoms with van der Waals surface area (Å²) in [6.07, 6.45) is 0. The fraction of sp³-hybridized carbons (Fsp3) is 1.00. The molecule has 0 unspecified atom stereocenters. The van der Waals surface area contributed by atoms with Gasteiger partial charge in [0.15, 0.2) is 0 Å². The summed E-state index contributed by atoms with van der Waals surface area (Å²) < 4.78 is 0. The molecule has 0 fully saturated rings. The van der Waals surface area contributed by atoms with Gasteiger partial charge in [0, 0.05) is 13.9 Å². The van der Waals surface area contributed by atoms with Gasteiger partial charge in [-0.2, -0.15) is 0 Å². The van der Waals surface area contributed by atoms with Crippen LogP contribution in [0.1, 0.15) is 0 Å². The topological polar surface area (TPSA) is 0 Å². The van der Waals surface area contributed by atoms with Crippen LogP contribution in [0.4, 0.5) is 0 Å². The SMILES string of the molecule is C[P@]([P@@](C)[P+](C)(C)C)[P+](C)(C)C. The maximum Gasteiger partial charge on any atom is 0.115 e. The number of rotatable bonds is 3. The molecule has 0 heterocycles. The maximum atomic E-state index is 2.54. The highest BCUT2D eigenvalue weighted by Gasteiger charge is 2.43. The van der Waals surface area contributed by atoms with Gasteiger partial charge in [0.1, 0.15) is 14.6 Å². The highest BCUT2D eigenvalue weighted by atomic mass is 32.7. The van der Waals surface area contributed by atoms with E-state index in [4.69, 9.17) is 0 Å². The quantitative estimate of drug-likeness (QED) is 0.627. The second-order valence-electron chi connectivity index (χ2n) is 4.86. The molecule has 0 aromatic rings. The lowest BCUT2D eigenvalue weighted by atomic mass is 11.9. The molecule has 74 valence electrons. The summed E-state index contributed by atoms with van der Waals surface area (Å²) in [5.74, 6) is 0. The molecule has 0 aliphatic heterocycles. The van der Waals surface area contributed by atoms with E-state index in [1.807, 2.05) is 0 Å². The fourth-order valence-electron chi connectivity index (χ4n) is 0.777. The predicted octanol–water partition coefficient (Wildman–Crippen LogP) is 4.77. The third kappa shape index (κ3) is 4.29. The van der Waals surface area contributed by atoms with Crippen LogP contribution >= 0.6 is 28.5 Å². The zero-order valence-electron chi connectivity index (χ0n) is 9.79. The average Bonchev–Trinajstić information content (AvgIpc) is 1.80. The number of hydrogen-bond donors (Lipinski definition) is 0. The Hall–Kier alpha value is 1.72. The minimum absolute atomic E-state index is 0.354. The molecule has 0 N–H and O–H groups in total. The van der Waals surface area contributed by atoms with Gasteiger partial charge in [0.25, 0.3) is 0 Å². The summed E-state index contributed by atoms with van der Waals surface area (Å²) in [4.78, 5) is 0. The van der Waals surface area contributed by atoms with Crippen LogP contribution in [-0.2, 0) is 0 Å². The lowest BCUT2D eigenvalue weighted by Gasteiger charge is -2.29. The Morgan fingerprint density at radius 1 is 0.583 bits per heavy atom. The van der Waals surface area contributed by atoms with E-state index < -0.39 is 13.9 Å². The zero-order valence-corrected chi connectivity index (χ0v) is 13.4. The highest BCUT2D eigenvalue weighted by molar-refractivity contribution is 8.81. The molecule has 0 saturated heterocycles. The van der Waals surface area contributed by atoms with Gasteiger partial charge in [-0.3, -0.25) is 0 Å². The van der Waals surface area contributed by atoms with Crippen molar-refractivity contribution in [2.45, 2.75) is 0 Å². The van der Waals surface area contributed by atoms with Gasteiger partial charge >= 0.3 is 0 Å². The highest BCUT2D eigenvalue weighted by Crippen LogP contribution is 3.01. The fourth-order valence-corrected chi connectivity index (χ4v) is 33.9. The van der Waals surface area contributed by atoms with Crippen molar-refractivity contribution in [3.8, 4) is 0 Å². The van der Waals surface area contributed by atoms with Gasteiger partial charge in [-0.15, -0.1) is 0 Å². The Morgan fingerprint density at radius 3 is 0.833 bits per heavy atom. The minimum atomic E-state index is -0.538. The summed E-state index contributed by atoms with van der Waals surface area (Å²) in [6.45, 7) is 19.1. The third-order valence-corrected chi connectivity index (χ3v) is 35.2. The van der Waals surface area contributed by atoms with Crippen molar-refractivity contribution in [2.24, 2.45) is 0 Å². The summed E-state index contributed by atoms with van der Waals surface area (Å²) >= 11 is 0. The third-order valence-electron chi connectivity index (χ3n) is 2.16. The smallest absolute Gasteiger partial charge is 0.00164 e. The molecule has 2 atom stereocenters. The first-order valence-electron chi connectivity index (χ1n) is 4.18. The second-order valence-corrected chi connectivity index (χ2v) is 30.9. The normalized spacial score (nSPS) is 19.0. The van der Waals surface area contributed by atoms with Crippen molar-refractivity contribution < 1.29 is 0 Å². The van der Waals surface area contributed by atoms with Crippen LogP contribution in [0.3, 0.4) is 0 Å². The van der Waals surface area contributed by atoms with Gasteiger partial charge < -0.3 is 0 Å². The molecule has 0 nitrogen and oxygen atoms in total. The van der Waals surface area contributed by atoms with E-state index in [-0.39, 0.29) is 0 Å². The van der Waals surface area contributed by atoms with Crippen LogP contribution in [-0.4, -0.2) is 53.3 Å². The molecule has 0 aromatic heterocycles. The Kier molecular flexibility index (Phi) is 5.14. The van der Waals surface area contributed by atoms with E-state index in [0.29, 0.717) is 14.6 Å². The predicted molar refractivity (Wildman–Crippen MR) is 75.1 cm³/mol. The van der Waals surface area contributed by atoms with E-state index in [2.05, 4.69) is 53.3 Å². The van der Waals surface area contributed by atoms with Crippen molar-refractivity contribution in [1.29, 1.82) is 0 Å². The van der Waals surface area contributed by atoms with Crippen LogP contribution in [0.2, 0.25) is 0 Å². The van der Waals surface area contributed by atoms with Crippen molar-refractivity contribution in [2.75, 3.05) is 53.3 Å². The monoisotopic (exact) mass is 244 g/mol. The molecule has 12 heavy (non-hydrogen) atoms. The molecule has 0 spiro atoms. The largest absolute Gasteiger partial charge is 0.115 e. The average molecular weight is 244 g/mol. The number of hydrogen-bond acceptors (Lipinski definition) is 0. The summed E-state index contributed by atoms with van der Waals surface area (Å²) in [6, 6.07) is 0. The first kappa shape index (κ1) is 13.7. The maximum absolute atomic E-state index is 2.54. The standard InChI is InChI=1S/C8H24P4/c1-9(11(3,4)5)10(2)12(6,7)8/h1-8H3/q+2/t9-,10-/m1/s1. The van der Waals surface area contributed by atoms with Crippen LogP contribution in [0.25, 0.3) is 0 Å². The Balaban J connectivity index is 4.41. The zero-order chi connectivity index (χ0) is 10.2. The summed E-state index contributed by atoms with van der Waals surface area (Å²) in [5.41, 5.74) is 0. The molecule has 0 radical (unpaired) electrons. The Bertz CT molecular complexity index is 124. The van der Waals surface area contributed by atoms with Crippen molar-refractivity contribution >= 4 is 28.5 Å². The van der Waals surface area contributed by atoms with E-state index in [1.54, 1.807) is 0 Å². The molecule has 0 aliphatic rings. The van der Waals surface area contributed by atoms with E-state index in [9.17, 15) is 0 Å². The van der Waals surface area contributed by atoms with Gasteiger partial charge in [-0.25, -0.2) is 0 Å². The molecule has 0 aromatic carbocycles. The van der Waals surface area contributed by atoms with Crippen molar-refractivity contribution in [3.05, 3.63) is 0 Å². The van der Waals surface area contributed by atoms with Crippen molar-refractivity contribution in [1.82, 2.24) is 0 Å². The van der Waals surface area contributed by atoms with E-state index in [0.717, 1.165) is 0 Å². The van der Waals surface area contributed by atoms with Gasteiger partial charge in [0.2, 0.25) is 0 Å². The van der Waals surface area contributed by atoms with Crippen LogP contribution in [0.5, 0.6) is 0 Å². The lowest BCUT2D eigenvalue weighted by Crippen LogP contribution is -1.85. The second kappa shape index (κ2) is 4.49. The minimum Gasteiger partial charge on any atom is -0.00164 e. The molecule has 0 saturated carbocycles. The lowest BCUT2D eigenvalue weighted by molar-refractivity contribution is 2.08. The van der Waals surface area contributed by atoms with Gasteiger partial charge in [-0.05, 0) is 13.3 Å². The Morgan fingerprint density at radius 2 is 0.750 bits per heavy atom. The molecule has 4 heteroatoms. The van der Waals surface area contributed by atoms with E-state index in [1.165, 1.54) is 0 Å². The molecule has 0 amide bonds. The first-order valence-corrected chi connectivity index (χ1v) is 16.1. The van der Waals surface area contributed by atoms with E-state index >= 15 is 0 Å². The molecular formula is C8H24P4+2. The van der Waals surface area contributed by atoms with Crippen LogP contribution in [0.15, 0.2) is 0 Å². The molecule has 0 aliphatic carbocycles. The summed E-state index contributed by atoms with van der Waals surface area (Å²) in [7, 11) is 0.709. The van der Waals surface area contributed by atoms with Crippen LogP contribution < -0.4 is 0 Å². The molecule has 0 rings (SSSR count). The first-order chi connectivity index (χ1) is 5.07. The molecular weight excluding hydrogens is 220 g/mol. The van der Waals surface area contributed by atoms with Crippen LogP contribution in [0, 0.1) is 0 Å². The summed E-state index contributed by atoms with van der Waals surface area (Å²) in [5, 5.41) is 0. The Labute approximate surface area is 82.1 Å². The van der Waals surface area contributed by atoms with Crippen molar-refractivity contribution in [3.63, 3.8) is 0 Å². The van der Waals surface area contributed by atoms with Gasteiger partial charge in [-0.1, -0.05) is 0 Å². The van der Waals surface area contributed by atoms with Gasteiger partial charge in [0.05, 0.1) is 40.0 Å². The molecule has 0 bridgehead atoms.